The molecule has 0 saturated heterocycles. The molecule has 174 valence electrons. The highest BCUT2D eigenvalue weighted by Gasteiger charge is 2.36. The SMILES string of the molecule is COC(=O)c1c([N+](=O)[O-])ccc(N(CCOS(C)(=O)=O)CCOS(C)(=O)=O)c1[N+](=O)[O-]. The van der Waals surface area contributed by atoms with E-state index in [1.807, 2.05) is 0 Å². The minimum Gasteiger partial charge on any atom is -0.465 e. The van der Waals surface area contributed by atoms with Crippen molar-refractivity contribution in [1.82, 2.24) is 0 Å². The Hall–Kier alpha value is -2.89. The number of carbonyl (C=O) groups excluding carboxylic acids is 1. The van der Waals surface area contributed by atoms with E-state index in [4.69, 9.17) is 0 Å². The number of anilines is 1. The molecule has 0 aromatic heterocycles. The molecule has 0 aliphatic heterocycles. The van der Waals surface area contributed by atoms with Crippen molar-refractivity contribution in [2.24, 2.45) is 0 Å². The van der Waals surface area contributed by atoms with E-state index in [0.29, 0.717) is 0 Å². The van der Waals surface area contributed by atoms with Gasteiger partial charge in [0.1, 0.15) is 5.69 Å². The standard InChI is InChI=1S/C14H19N3O12S2/c1-27-14(18)12-10(16(19)20)4-5-11(13(12)17(21)22)15(6-8-28-30(2,23)24)7-9-29-31(3,25)26/h4-5H,6-9H2,1-3H3. The molecular weight excluding hydrogens is 466 g/mol. The van der Waals surface area contributed by atoms with Gasteiger partial charge in [0.25, 0.3) is 25.9 Å². The van der Waals surface area contributed by atoms with Crippen LogP contribution in [-0.2, 0) is 33.3 Å². The van der Waals surface area contributed by atoms with Gasteiger partial charge in [0.15, 0.2) is 0 Å². The fourth-order valence-corrected chi connectivity index (χ4v) is 3.17. The first-order valence-corrected chi connectivity index (χ1v) is 11.8. The Morgan fingerprint density at radius 2 is 1.45 bits per heavy atom. The second kappa shape index (κ2) is 10.4. The summed E-state index contributed by atoms with van der Waals surface area (Å²) in [5, 5.41) is 23.0. The average molecular weight is 485 g/mol. The van der Waals surface area contributed by atoms with Crippen LogP contribution in [0.4, 0.5) is 17.1 Å². The van der Waals surface area contributed by atoms with Crippen LogP contribution in [0.5, 0.6) is 0 Å². The van der Waals surface area contributed by atoms with Gasteiger partial charge >= 0.3 is 11.7 Å². The highest BCUT2D eigenvalue weighted by molar-refractivity contribution is 7.86. The summed E-state index contributed by atoms with van der Waals surface area (Å²) in [6.45, 7) is -1.67. The number of carbonyl (C=O) groups is 1. The van der Waals surface area contributed by atoms with Crippen LogP contribution in [0.15, 0.2) is 12.1 Å². The Bertz CT molecular complexity index is 1030. The molecule has 1 aromatic rings. The molecule has 0 saturated carbocycles. The van der Waals surface area contributed by atoms with Gasteiger partial charge in [-0.2, -0.15) is 16.8 Å². The first kappa shape index (κ1) is 26.1. The Morgan fingerprint density at radius 3 is 1.81 bits per heavy atom. The van der Waals surface area contributed by atoms with E-state index in [1.165, 1.54) is 0 Å². The third kappa shape index (κ3) is 8.04. The maximum atomic E-state index is 12.1. The minimum atomic E-state index is -3.87. The number of ether oxygens (including phenoxy) is 1. The van der Waals surface area contributed by atoms with Crippen molar-refractivity contribution in [3.05, 3.63) is 37.9 Å². The molecule has 15 nitrogen and oxygen atoms in total. The van der Waals surface area contributed by atoms with Crippen LogP contribution in [0.25, 0.3) is 0 Å². The lowest BCUT2D eigenvalue weighted by Crippen LogP contribution is -2.33. The van der Waals surface area contributed by atoms with E-state index in [9.17, 15) is 41.9 Å². The van der Waals surface area contributed by atoms with Gasteiger partial charge in [0.05, 0.1) is 42.7 Å². The van der Waals surface area contributed by atoms with Crippen LogP contribution in [-0.4, -0.2) is 78.6 Å². The summed E-state index contributed by atoms with van der Waals surface area (Å²) < 4.78 is 58.3. The summed E-state index contributed by atoms with van der Waals surface area (Å²) in [5.74, 6) is -1.35. The maximum Gasteiger partial charge on any atom is 0.352 e. The van der Waals surface area contributed by atoms with Crippen LogP contribution >= 0.6 is 0 Å². The molecule has 0 N–H and O–H groups in total. The van der Waals surface area contributed by atoms with E-state index in [-0.39, 0.29) is 18.8 Å². The van der Waals surface area contributed by atoms with Crippen LogP contribution < -0.4 is 4.90 Å². The summed E-state index contributed by atoms with van der Waals surface area (Å²) in [4.78, 5) is 34.1. The molecule has 0 amide bonds. The molecule has 0 aliphatic rings. The smallest absolute Gasteiger partial charge is 0.352 e. The fraction of sp³-hybridized carbons (Fsp3) is 0.500. The predicted molar refractivity (Wildman–Crippen MR) is 105 cm³/mol. The molecule has 0 heterocycles. The molecule has 0 spiro atoms. The van der Waals surface area contributed by atoms with Crippen LogP contribution in [0.1, 0.15) is 10.4 Å². The summed E-state index contributed by atoms with van der Waals surface area (Å²) in [6, 6.07) is 1.79. The number of benzene rings is 1. The van der Waals surface area contributed by atoms with Crippen molar-refractivity contribution < 1.29 is 44.6 Å². The van der Waals surface area contributed by atoms with Crippen LogP contribution in [0, 0.1) is 20.2 Å². The number of nitrogens with zero attached hydrogens (tertiary/aromatic N) is 3. The summed E-state index contributed by atoms with van der Waals surface area (Å²) in [6.07, 6.45) is 1.54. The van der Waals surface area contributed by atoms with Crippen molar-refractivity contribution in [2.45, 2.75) is 0 Å². The second-order valence-corrected chi connectivity index (χ2v) is 9.16. The highest BCUT2D eigenvalue weighted by Crippen LogP contribution is 2.38. The average Bonchev–Trinajstić information content (AvgIpc) is 2.62. The van der Waals surface area contributed by atoms with Gasteiger partial charge in [-0.1, -0.05) is 0 Å². The number of methoxy groups -OCH3 is 1. The van der Waals surface area contributed by atoms with E-state index >= 15 is 0 Å². The summed E-state index contributed by atoms with van der Waals surface area (Å²) >= 11 is 0. The number of hydrogen-bond donors (Lipinski definition) is 0. The molecule has 1 aromatic carbocycles. The quantitative estimate of drug-likeness (QED) is 0.166. The minimum absolute atomic E-state index is 0.334. The van der Waals surface area contributed by atoms with Gasteiger partial charge in [-0.05, 0) is 6.07 Å². The Balaban J connectivity index is 3.53. The molecule has 0 atom stereocenters. The Labute approximate surface area is 177 Å². The zero-order valence-corrected chi connectivity index (χ0v) is 18.2. The predicted octanol–water partition coefficient (Wildman–Crippen LogP) is 0.0484. The first-order valence-electron chi connectivity index (χ1n) is 8.15. The molecule has 31 heavy (non-hydrogen) atoms. The largest absolute Gasteiger partial charge is 0.465 e. The van der Waals surface area contributed by atoms with Crippen molar-refractivity contribution in [3.8, 4) is 0 Å². The molecular formula is C14H19N3O12S2. The summed E-state index contributed by atoms with van der Waals surface area (Å²) in [5.41, 5.74) is -3.15. The summed E-state index contributed by atoms with van der Waals surface area (Å²) in [7, 11) is -6.86. The van der Waals surface area contributed by atoms with Gasteiger partial charge in [0, 0.05) is 19.2 Å². The third-order valence-electron chi connectivity index (χ3n) is 3.56. The van der Waals surface area contributed by atoms with Gasteiger partial charge in [-0.15, -0.1) is 0 Å². The Morgan fingerprint density at radius 1 is 0.968 bits per heavy atom. The molecule has 0 aliphatic carbocycles. The van der Waals surface area contributed by atoms with E-state index < -0.39 is 66.2 Å². The number of esters is 1. The third-order valence-corrected chi connectivity index (χ3v) is 4.75. The second-order valence-electron chi connectivity index (χ2n) is 5.87. The normalized spacial score (nSPS) is 11.7. The van der Waals surface area contributed by atoms with Crippen molar-refractivity contribution in [3.63, 3.8) is 0 Å². The van der Waals surface area contributed by atoms with Crippen LogP contribution in [0.2, 0.25) is 0 Å². The van der Waals surface area contributed by atoms with Crippen LogP contribution in [0.3, 0.4) is 0 Å². The molecule has 0 radical (unpaired) electrons. The fourth-order valence-electron chi connectivity index (χ4n) is 2.42. The van der Waals surface area contributed by atoms with Gasteiger partial charge in [-0.25, -0.2) is 4.79 Å². The van der Waals surface area contributed by atoms with Gasteiger partial charge in [0.2, 0.25) is 5.56 Å². The lowest BCUT2D eigenvalue weighted by atomic mass is 10.1. The van der Waals surface area contributed by atoms with E-state index in [2.05, 4.69) is 13.1 Å². The molecule has 0 unspecified atom stereocenters. The van der Waals surface area contributed by atoms with Gasteiger partial charge in [-0.3, -0.25) is 28.6 Å². The lowest BCUT2D eigenvalue weighted by molar-refractivity contribution is -0.394. The van der Waals surface area contributed by atoms with E-state index in [0.717, 1.165) is 36.7 Å². The van der Waals surface area contributed by atoms with Gasteiger partial charge < -0.3 is 9.64 Å². The first-order chi connectivity index (χ1) is 14.2. The zero-order chi connectivity index (χ0) is 24.0. The van der Waals surface area contributed by atoms with Crippen molar-refractivity contribution in [2.75, 3.05) is 50.8 Å². The number of rotatable bonds is 12. The zero-order valence-electron chi connectivity index (χ0n) is 16.5. The number of nitro benzene ring substituents is 2. The van der Waals surface area contributed by atoms with Crippen molar-refractivity contribution >= 4 is 43.3 Å². The Kier molecular flexibility index (Phi) is 8.79. The molecule has 0 bridgehead atoms. The maximum absolute atomic E-state index is 12.1. The molecule has 0 fully saturated rings. The molecule has 1 rings (SSSR count). The van der Waals surface area contributed by atoms with E-state index in [1.54, 1.807) is 0 Å². The number of nitro groups is 2. The monoisotopic (exact) mass is 485 g/mol. The highest BCUT2D eigenvalue weighted by atomic mass is 32.2. The number of hydrogen-bond acceptors (Lipinski definition) is 13. The van der Waals surface area contributed by atoms with Crippen molar-refractivity contribution in [1.29, 1.82) is 0 Å². The molecule has 17 heteroatoms. The topological polar surface area (TPSA) is 203 Å². The lowest BCUT2D eigenvalue weighted by Gasteiger charge is -2.24.